The third kappa shape index (κ3) is 4.89. The van der Waals surface area contributed by atoms with E-state index >= 15 is 0 Å². The first-order valence-electron chi connectivity index (χ1n) is 9.65. The van der Waals surface area contributed by atoms with E-state index in [-0.39, 0.29) is 24.3 Å². The fourth-order valence-electron chi connectivity index (χ4n) is 3.51. The van der Waals surface area contributed by atoms with Crippen LogP contribution in [0.3, 0.4) is 0 Å². The van der Waals surface area contributed by atoms with Gasteiger partial charge in [0.1, 0.15) is 0 Å². The number of rotatable bonds is 6. The summed E-state index contributed by atoms with van der Waals surface area (Å²) in [5.41, 5.74) is 1.51. The highest BCUT2D eigenvalue weighted by Crippen LogP contribution is 2.23. The Morgan fingerprint density at radius 2 is 2.10 bits per heavy atom. The lowest BCUT2D eigenvalue weighted by molar-refractivity contribution is -0.131. The Morgan fingerprint density at radius 1 is 1.24 bits per heavy atom. The zero-order chi connectivity index (χ0) is 20.1. The van der Waals surface area contributed by atoms with E-state index in [1.807, 2.05) is 27.8 Å². The number of carbonyl (C=O) groups excluding carboxylic acids is 2. The lowest BCUT2D eigenvalue weighted by Crippen LogP contribution is -2.45. The molecule has 150 valence electrons. The zero-order valence-electron chi connectivity index (χ0n) is 15.9. The van der Waals surface area contributed by atoms with Crippen molar-refractivity contribution >= 4 is 23.2 Å². The molecule has 1 fully saturated rings. The first kappa shape index (κ1) is 19.3. The molecule has 0 radical (unpaired) electrons. The van der Waals surface area contributed by atoms with Crippen LogP contribution in [0.2, 0.25) is 0 Å². The Kier molecular flexibility index (Phi) is 6.00. The summed E-state index contributed by atoms with van der Waals surface area (Å²) in [5, 5.41) is 10.7. The molecular weight excluding hydrogens is 388 g/mol. The summed E-state index contributed by atoms with van der Waals surface area (Å²) in [6.07, 6.45) is 2.59. The number of carbonyl (C=O) groups is 2. The number of likely N-dealkylation sites (tertiary alicyclic amines) is 1. The van der Waals surface area contributed by atoms with Crippen LogP contribution in [-0.4, -0.2) is 46.5 Å². The van der Waals surface area contributed by atoms with Crippen LogP contribution in [0.4, 0.5) is 0 Å². The smallest absolute Gasteiger partial charge is 0.251 e. The Balaban J connectivity index is 1.29. The molecule has 3 heterocycles. The SMILES string of the molecule is O=C(NCC(=O)N1CCCC(Cc2nc(-c3ccsc3)no2)C1)c1ccccc1. The van der Waals surface area contributed by atoms with Gasteiger partial charge in [0.2, 0.25) is 17.6 Å². The summed E-state index contributed by atoms with van der Waals surface area (Å²) in [6.45, 7) is 1.35. The number of amides is 2. The molecule has 2 amide bonds. The maximum absolute atomic E-state index is 12.6. The Morgan fingerprint density at radius 3 is 2.90 bits per heavy atom. The van der Waals surface area contributed by atoms with E-state index in [1.165, 1.54) is 0 Å². The first-order valence-corrected chi connectivity index (χ1v) is 10.6. The van der Waals surface area contributed by atoms with Crippen LogP contribution in [0.5, 0.6) is 0 Å². The van der Waals surface area contributed by atoms with E-state index < -0.39 is 0 Å². The van der Waals surface area contributed by atoms with Gasteiger partial charge < -0.3 is 14.7 Å². The lowest BCUT2D eigenvalue weighted by Gasteiger charge is -2.32. The molecular formula is C21H22N4O3S. The van der Waals surface area contributed by atoms with Crippen LogP contribution in [0.1, 0.15) is 29.1 Å². The second-order valence-electron chi connectivity index (χ2n) is 7.12. The molecule has 1 aliphatic heterocycles. The standard InChI is InChI=1S/C21H22N4O3S/c26-19(12-22-21(27)16-6-2-1-3-7-16)25-9-4-5-15(13-25)11-18-23-20(24-28-18)17-8-10-29-14-17/h1-3,6-8,10,14-15H,4-5,9,11-13H2,(H,22,27). The van der Waals surface area contributed by atoms with E-state index in [1.54, 1.807) is 35.6 Å². The van der Waals surface area contributed by atoms with E-state index in [0.29, 0.717) is 36.8 Å². The highest BCUT2D eigenvalue weighted by Gasteiger charge is 2.25. The fraction of sp³-hybridized carbons (Fsp3) is 0.333. The highest BCUT2D eigenvalue weighted by molar-refractivity contribution is 7.08. The van der Waals surface area contributed by atoms with Crippen molar-refractivity contribution < 1.29 is 14.1 Å². The molecule has 1 atom stereocenters. The van der Waals surface area contributed by atoms with E-state index in [2.05, 4.69) is 15.5 Å². The third-order valence-corrected chi connectivity index (χ3v) is 5.70. The molecule has 29 heavy (non-hydrogen) atoms. The van der Waals surface area contributed by atoms with Crippen molar-refractivity contribution in [2.75, 3.05) is 19.6 Å². The van der Waals surface area contributed by atoms with E-state index in [9.17, 15) is 9.59 Å². The van der Waals surface area contributed by atoms with Crippen LogP contribution in [0, 0.1) is 5.92 Å². The van der Waals surface area contributed by atoms with Gasteiger partial charge in [0.05, 0.1) is 6.54 Å². The summed E-state index contributed by atoms with van der Waals surface area (Å²) in [6, 6.07) is 10.9. The molecule has 1 unspecified atom stereocenters. The maximum atomic E-state index is 12.6. The summed E-state index contributed by atoms with van der Waals surface area (Å²) < 4.78 is 5.40. The highest BCUT2D eigenvalue weighted by atomic mass is 32.1. The van der Waals surface area contributed by atoms with Crippen LogP contribution >= 0.6 is 11.3 Å². The molecule has 0 bridgehead atoms. The predicted molar refractivity (Wildman–Crippen MR) is 109 cm³/mol. The van der Waals surface area contributed by atoms with Crippen molar-refractivity contribution in [1.29, 1.82) is 0 Å². The third-order valence-electron chi connectivity index (χ3n) is 5.02. The Labute approximate surface area is 172 Å². The fourth-order valence-corrected chi connectivity index (χ4v) is 4.15. The molecule has 7 nitrogen and oxygen atoms in total. The van der Waals surface area contributed by atoms with Crippen molar-refractivity contribution in [3.8, 4) is 11.4 Å². The molecule has 8 heteroatoms. The Hall–Kier alpha value is -3.00. The second-order valence-corrected chi connectivity index (χ2v) is 7.90. The van der Waals surface area contributed by atoms with Crippen LogP contribution < -0.4 is 5.32 Å². The summed E-state index contributed by atoms with van der Waals surface area (Å²) >= 11 is 1.59. The van der Waals surface area contributed by atoms with Gasteiger partial charge in [-0.2, -0.15) is 16.3 Å². The molecule has 1 N–H and O–H groups in total. The molecule has 4 rings (SSSR count). The monoisotopic (exact) mass is 410 g/mol. The van der Waals surface area contributed by atoms with Gasteiger partial charge in [-0.1, -0.05) is 23.4 Å². The maximum Gasteiger partial charge on any atom is 0.251 e. The normalized spacial score (nSPS) is 16.6. The molecule has 1 aliphatic rings. The van der Waals surface area contributed by atoms with Crippen molar-refractivity contribution in [3.05, 3.63) is 58.6 Å². The molecule has 2 aromatic heterocycles. The molecule has 1 aromatic carbocycles. The van der Waals surface area contributed by atoms with Gasteiger partial charge in [0.15, 0.2) is 0 Å². The number of aromatic nitrogens is 2. The predicted octanol–water partition coefficient (Wildman–Crippen LogP) is 3.01. The quantitative estimate of drug-likeness (QED) is 0.675. The zero-order valence-corrected chi connectivity index (χ0v) is 16.7. The largest absolute Gasteiger partial charge is 0.343 e. The van der Waals surface area contributed by atoms with Gasteiger partial charge in [-0.15, -0.1) is 0 Å². The van der Waals surface area contributed by atoms with Crippen molar-refractivity contribution in [1.82, 2.24) is 20.4 Å². The van der Waals surface area contributed by atoms with Crippen LogP contribution in [0.25, 0.3) is 11.4 Å². The molecule has 3 aromatic rings. The molecule has 0 saturated carbocycles. The minimum absolute atomic E-state index is 0.00328. The minimum Gasteiger partial charge on any atom is -0.343 e. The average molecular weight is 410 g/mol. The van der Waals surface area contributed by atoms with E-state index in [0.717, 1.165) is 18.4 Å². The number of hydrogen-bond donors (Lipinski definition) is 1. The minimum atomic E-state index is -0.237. The molecule has 0 spiro atoms. The number of nitrogens with zero attached hydrogens (tertiary/aromatic N) is 3. The first-order chi connectivity index (χ1) is 14.2. The number of benzene rings is 1. The summed E-state index contributed by atoms with van der Waals surface area (Å²) in [4.78, 5) is 31.0. The second kappa shape index (κ2) is 9.00. The number of thiophene rings is 1. The Bertz CT molecular complexity index is 955. The van der Waals surface area contributed by atoms with Crippen LogP contribution in [-0.2, 0) is 11.2 Å². The van der Waals surface area contributed by atoms with Gasteiger partial charge in [-0.25, -0.2) is 0 Å². The van der Waals surface area contributed by atoms with Crippen molar-refractivity contribution in [2.45, 2.75) is 19.3 Å². The van der Waals surface area contributed by atoms with Gasteiger partial charge in [-0.05, 0) is 42.3 Å². The number of piperidine rings is 1. The van der Waals surface area contributed by atoms with Gasteiger partial charge in [-0.3, -0.25) is 9.59 Å². The van der Waals surface area contributed by atoms with Crippen molar-refractivity contribution in [3.63, 3.8) is 0 Å². The average Bonchev–Trinajstić information content (AvgIpc) is 3.44. The summed E-state index contributed by atoms with van der Waals surface area (Å²) in [5.74, 6) is 1.17. The molecule has 0 aliphatic carbocycles. The van der Waals surface area contributed by atoms with Gasteiger partial charge >= 0.3 is 0 Å². The lowest BCUT2D eigenvalue weighted by atomic mass is 9.94. The van der Waals surface area contributed by atoms with E-state index in [4.69, 9.17) is 4.52 Å². The molecule has 1 saturated heterocycles. The van der Waals surface area contributed by atoms with Crippen molar-refractivity contribution in [2.24, 2.45) is 5.92 Å². The van der Waals surface area contributed by atoms with Crippen LogP contribution in [0.15, 0.2) is 51.7 Å². The topological polar surface area (TPSA) is 88.3 Å². The van der Waals surface area contributed by atoms with Gasteiger partial charge in [0.25, 0.3) is 5.91 Å². The van der Waals surface area contributed by atoms with Gasteiger partial charge in [0, 0.05) is 36.0 Å². The number of nitrogens with one attached hydrogen (secondary N) is 1. The summed E-state index contributed by atoms with van der Waals surface area (Å²) in [7, 11) is 0. The number of hydrogen-bond acceptors (Lipinski definition) is 6.